The summed E-state index contributed by atoms with van der Waals surface area (Å²) in [5, 5.41) is 4.48. The third-order valence-electron chi connectivity index (χ3n) is 4.69. The van der Waals surface area contributed by atoms with Crippen molar-refractivity contribution < 1.29 is 13.2 Å². The molecule has 24 heavy (non-hydrogen) atoms. The van der Waals surface area contributed by atoms with Crippen LogP contribution < -0.4 is 5.32 Å². The predicted molar refractivity (Wildman–Crippen MR) is 87.9 cm³/mol. The number of nitrogens with one attached hydrogen (secondary N) is 1. The van der Waals surface area contributed by atoms with E-state index in [9.17, 15) is 13.2 Å². The van der Waals surface area contributed by atoms with Crippen LogP contribution in [-0.2, 0) is 25.7 Å². The fraction of sp³-hybridized carbons (Fsp3) is 0.263. The molecule has 0 bridgehead atoms. The summed E-state index contributed by atoms with van der Waals surface area (Å²) in [4.78, 5) is 0. The number of fused-ring (bicyclic) bond motifs is 3. The molecule has 2 heterocycles. The first-order chi connectivity index (χ1) is 11.6. The highest BCUT2D eigenvalue weighted by Gasteiger charge is 2.33. The highest BCUT2D eigenvalue weighted by atomic mass is 19.4. The van der Waals surface area contributed by atoms with Crippen molar-refractivity contribution in [1.82, 2.24) is 9.88 Å². The quantitative estimate of drug-likeness (QED) is 0.739. The van der Waals surface area contributed by atoms with Gasteiger partial charge in [0.1, 0.15) is 0 Å². The fourth-order valence-corrected chi connectivity index (χ4v) is 3.61. The second kappa shape index (κ2) is 5.67. The van der Waals surface area contributed by atoms with Crippen LogP contribution in [0.4, 0.5) is 13.2 Å². The van der Waals surface area contributed by atoms with E-state index in [2.05, 4.69) is 11.4 Å². The Labute approximate surface area is 137 Å². The molecule has 2 aromatic carbocycles. The molecule has 0 spiro atoms. The van der Waals surface area contributed by atoms with Gasteiger partial charge in [0.2, 0.25) is 0 Å². The minimum absolute atomic E-state index is 0.229. The van der Waals surface area contributed by atoms with E-state index in [1.165, 1.54) is 11.6 Å². The SMILES string of the molecule is FC(F)(F)c1ccccc1Cn1c2c(c3ccccc31)CCNC2. The first-order valence-electron chi connectivity index (χ1n) is 8.00. The molecule has 1 N–H and O–H groups in total. The van der Waals surface area contributed by atoms with E-state index in [0.717, 1.165) is 35.6 Å². The number of aromatic nitrogens is 1. The Hall–Kier alpha value is -2.27. The van der Waals surface area contributed by atoms with Crippen molar-refractivity contribution in [3.63, 3.8) is 0 Å². The lowest BCUT2D eigenvalue weighted by atomic mass is 10.0. The van der Waals surface area contributed by atoms with Crippen LogP contribution in [0.2, 0.25) is 0 Å². The van der Waals surface area contributed by atoms with Crippen LogP contribution in [0.5, 0.6) is 0 Å². The van der Waals surface area contributed by atoms with Crippen molar-refractivity contribution in [3.05, 3.63) is 70.9 Å². The highest BCUT2D eigenvalue weighted by molar-refractivity contribution is 5.86. The smallest absolute Gasteiger partial charge is 0.339 e. The zero-order valence-corrected chi connectivity index (χ0v) is 13.0. The molecule has 0 saturated carbocycles. The Morgan fingerprint density at radius 2 is 1.75 bits per heavy atom. The Morgan fingerprint density at radius 1 is 1.00 bits per heavy atom. The molecule has 2 nitrogen and oxygen atoms in total. The summed E-state index contributed by atoms with van der Waals surface area (Å²) >= 11 is 0. The maximum atomic E-state index is 13.3. The summed E-state index contributed by atoms with van der Waals surface area (Å²) in [6.07, 6.45) is -3.43. The standard InChI is InChI=1S/C19H17F3N2/c20-19(21,22)16-7-3-1-5-13(16)12-24-17-8-4-2-6-14(17)15-9-10-23-11-18(15)24/h1-8,23H,9-12H2. The number of rotatable bonds is 2. The third-order valence-corrected chi connectivity index (χ3v) is 4.69. The number of benzene rings is 2. The minimum Gasteiger partial charge on any atom is -0.339 e. The van der Waals surface area contributed by atoms with Gasteiger partial charge in [0.05, 0.1) is 5.56 Å². The number of hydrogen-bond donors (Lipinski definition) is 1. The lowest BCUT2D eigenvalue weighted by Crippen LogP contribution is -2.25. The Balaban J connectivity index is 1.87. The van der Waals surface area contributed by atoms with E-state index in [1.54, 1.807) is 12.1 Å². The van der Waals surface area contributed by atoms with Crippen molar-refractivity contribution >= 4 is 10.9 Å². The van der Waals surface area contributed by atoms with Crippen molar-refractivity contribution in [2.24, 2.45) is 0 Å². The molecule has 0 saturated heterocycles. The van der Waals surface area contributed by atoms with E-state index >= 15 is 0 Å². The van der Waals surface area contributed by atoms with Gasteiger partial charge < -0.3 is 9.88 Å². The van der Waals surface area contributed by atoms with Crippen molar-refractivity contribution in [1.29, 1.82) is 0 Å². The maximum absolute atomic E-state index is 13.3. The molecule has 1 aromatic heterocycles. The highest BCUT2D eigenvalue weighted by Crippen LogP contribution is 2.34. The lowest BCUT2D eigenvalue weighted by Gasteiger charge is -2.19. The van der Waals surface area contributed by atoms with Gasteiger partial charge in [-0.3, -0.25) is 0 Å². The average Bonchev–Trinajstić information content (AvgIpc) is 2.89. The summed E-state index contributed by atoms with van der Waals surface area (Å²) in [6, 6.07) is 13.8. The number of para-hydroxylation sites is 1. The molecule has 1 aliphatic heterocycles. The van der Waals surface area contributed by atoms with Gasteiger partial charge in [0.25, 0.3) is 0 Å². The van der Waals surface area contributed by atoms with Gasteiger partial charge in [-0.1, -0.05) is 36.4 Å². The van der Waals surface area contributed by atoms with Gasteiger partial charge >= 0.3 is 6.18 Å². The second-order valence-corrected chi connectivity index (χ2v) is 6.11. The molecule has 124 valence electrons. The van der Waals surface area contributed by atoms with Crippen molar-refractivity contribution in [2.75, 3.05) is 6.54 Å². The molecule has 3 aromatic rings. The van der Waals surface area contributed by atoms with Crippen LogP contribution in [0.25, 0.3) is 10.9 Å². The number of alkyl halides is 3. The summed E-state index contributed by atoms with van der Waals surface area (Å²) in [6.45, 7) is 1.82. The summed E-state index contributed by atoms with van der Waals surface area (Å²) in [7, 11) is 0. The minimum atomic E-state index is -4.34. The lowest BCUT2D eigenvalue weighted by molar-refractivity contribution is -0.138. The van der Waals surface area contributed by atoms with Crippen molar-refractivity contribution in [2.45, 2.75) is 25.7 Å². The zero-order chi connectivity index (χ0) is 16.7. The Morgan fingerprint density at radius 3 is 2.58 bits per heavy atom. The molecule has 0 radical (unpaired) electrons. The fourth-order valence-electron chi connectivity index (χ4n) is 3.61. The van der Waals surface area contributed by atoms with E-state index in [-0.39, 0.29) is 6.54 Å². The van der Waals surface area contributed by atoms with E-state index in [4.69, 9.17) is 0 Å². The normalized spacial score (nSPS) is 14.8. The third kappa shape index (κ3) is 2.49. The van der Waals surface area contributed by atoms with Gasteiger partial charge in [-0.05, 0) is 36.2 Å². The van der Waals surface area contributed by atoms with Crippen LogP contribution in [0.15, 0.2) is 48.5 Å². The van der Waals surface area contributed by atoms with E-state index in [0.29, 0.717) is 12.1 Å². The van der Waals surface area contributed by atoms with Crippen molar-refractivity contribution in [3.8, 4) is 0 Å². The van der Waals surface area contributed by atoms with Gasteiger partial charge in [0.15, 0.2) is 0 Å². The van der Waals surface area contributed by atoms with Gasteiger partial charge in [-0.2, -0.15) is 13.2 Å². The number of hydrogen-bond acceptors (Lipinski definition) is 1. The monoisotopic (exact) mass is 330 g/mol. The summed E-state index contributed by atoms with van der Waals surface area (Å²) < 4.78 is 42.0. The first-order valence-corrected chi connectivity index (χ1v) is 8.00. The first kappa shape index (κ1) is 15.3. The second-order valence-electron chi connectivity index (χ2n) is 6.11. The van der Waals surface area contributed by atoms with Crippen LogP contribution >= 0.6 is 0 Å². The Bertz CT molecular complexity index is 893. The number of nitrogens with zero attached hydrogens (tertiary/aromatic N) is 1. The molecule has 5 heteroatoms. The molecule has 0 unspecified atom stereocenters. The van der Waals surface area contributed by atoms with Gasteiger partial charge in [0, 0.05) is 29.7 Å². The molecule has 4 rings (SSSR count). The summed E-state index contributed by atoms with van der Waals surface area (Å²) in [5.41, 5.74) is 3.11. The molecule has 0 amide bonds. The van der Waals surface area contributed by atoms with Gasteiger partial charge in [-0.25, -0.2) is 0 Å². The predicted octanol–water partition coefficient (Wildman–Crippen LogP) is 4.35. The summed E-state index contributed by atoms with van der Waals surface area (Å²) in [5.74, 6) is 0. The molecule has 0 atom stereocenters. The topological polar surface area (TPSA) is 17.0 Å². The van der Waals surface area contributed by atoms with Crippen LogP contribution in [0.1, 0.15) is 22.4 Å². The van der Waals surface area contributed by atoms with Crippen LogP contribution in [0, 0.1) is 0 Å². The number of halogens is 3. The maximum Gasteiger partial charge on any atom is 0.416 e. The van der Waals surface area contributed by atoms with Crippen LogP contribution in [0.3, 0.4) is 0 Å². The molecule has 1 aliphatic rings. The molecular weight excluding hydrogens is 313 g/mol. The Kier molecular flexibility index (Phi) is 3.61. The molecular formula is C19H17F3N2. The largest absolute Gasteiger partial charge is 0.416 e. The van der Waals surface area contributed by atoms with E-state index in [1.807, 2.05) is 22.8 Å². The van der Waals surface area contributed by atoms with Crippen LogP contribution in [-0.4, -0.2) is 11.1 Å². The zero-order valence-electron chi connectivity index (χ0n) is 13.0. The van der Waals surface area contributed by atoms with E-state index < -0.39 is 11.7 Å². The van der Waals surface area contributed by atoms with Gasteiger partial charge in [-0.15, -0.1) is 0 Å². The molecule has 0 fully saturated rings. The molecule has 0 aliphatic carbocycles. The average molecular weight is 330 g/mol.